The minimum absolute atomic E-state index is 0.0434. The maximum absolute atomic E-state index is 13.0. The summed E-state index contributed by atoms with van der Waals surface area (Å²) in [5, 5.41) is 34.5. The summed E-state index contributed by atoms with van der Waals surface area (Å²) in [6, 6.07) is -3.29. The molecule has 0 aromatic carbocycles. The van der Waals surface area contributed by atoms with Crippen LogP contribution in [-0.2, 0) is 52.6 Å². The molecule has 0 radical (unpaired) electrons. The SMILES string of the molecule is CC.CC.CC(=O)CCC(=O)NC1CCCN(O)C(=O)/C=C(/C)CCOC(=O)C(N)CCCN(O)C(=O)/C=C(/C)CCOC(=O)C(N)CCCN(O)C(=O)/C=C(/C)CCOC1=O. The zero-order valence-corrected chi connectivity index (χ0v) is 37.8. The molecule has 0 spiro atoms. The number of ether oxygens (including phenoxy) is 3. The van der Waals surface area contributed by atoms with Gasteiger partial charge in [0.05, 0.1) is 19.8 Å². The van der Waals surface area contributed by atoms with Gasteiger partial charge in [-0.2, -0.15) is 0 Å². The summed E-state index contributed by atoms with van der Waals surface area (Å²) in [5.74, 6) is -5.38. The van der Waals surface area contributed by atoms with E-state index in [-0.39, 0.29) is 116 Å². The van der Waals surface area contributed by atoms with E-state index in [2.05, 4.69) is 5.32 Å². The van der Waals surface area contributed by atoms with Crippen molar-refractivity contribution in [3.63, 3.8) is 0 Å². The molecule has 0 aliphatic carbocycles. The number of Topliss-reactive ketones (excluding diaryl/α,β-unsaturated/α-hetero) is 1. The average molecular weight is 885 g/mol. The zero-order valence-electron chi connectivity index (χ0n) is 37.8. The Morgan fingerprint density at radius 1 is 0.597 bits per heavy atom. The van der Waals surface area contributed by atoms with Crippen molar-refractivity contribution in [2.45, 2.75) is 144 Å². The second-order valence-electron chi connectivity index (χ2n) is 14.1. The molecular weight excluding hydrogens is 812 g/mol. The molecule has 8 N–H and O–H groups in total. The fourth-order valence-electron chi connectivity index (χ4n) is 5.06. The van der Waals surface area contributed by atoms with E-state index in [4.69, 9.17) is 25.7 Å². The van der Waals surface area contributed by atoms with E-state index in [9.17, 15) is 54.0 Å². The first-order valence-corrected chi connectivity index (χ1v) is 21.1. The number of nitrogens with one attached hydrogen (secondary N) is 1. The van der Waals surface area contributed by atoms with Crippen LogP contribution in [0.5, 0.6) is 0 Å². The van der Waals surface area contributed by atoms with Crippen LogP contribution in [0.2, 0.25) is 0 Å². The third-order valence-electron chi connectivity index (χ3n) is 8.66. The molecule has 1 rings (SSSR count). The molecule has 20 heteroatoms. The molecule has 3 unspecified atom stereocenters. The molecule has 0 fully saturated rings. The number of hydroxylamine groups is 6. The van der Waals surface area contributed by atoms with Gasteiger partial charge in [-0.1, -0.05) is 44.4 Å². The molecule has 4 amide bonds. The molecule has 354 valence electrons. The van der Waals surface area contributed by atoms with Gasteiger partial charge >= 0.3 is 17.9 Å². The van der Waals surface area contributed by atoms with Gasteiger partial charge in [-0.05, 0) is 66.2 Å². The number of nitrogens with two attached hydrogens (primary N) is 2. The van der Waals surface area contributed by atoms with Gasteiger partial charge in [-0.25, -0.2) is 20.0 Å². The van der Waals surface area contributed by atoms with Crippen LogP contribution in [0.15, 0.2) is 34.9 Å². The van der Waals surface area contributed by atoms with Crippen molar-refractivity contribution in [3.05, 3.63) is 34.9 Å². The summed E-state index contributed by atoms with van der Waals surface area (Å²) in [7, 11) is 0. The highest BCUT2D eigenvalue weighted by atomic mass is 16.5. The van der Waals surface area contributed by atoms with E-state index >= 15 is 0 Å². The van der Waals surface area contributed by atoms with Gasteiger partial charge in [-0.3, -0.25) is 44.4 Å². The predicted molar refractivity (Wildman–Crippen MR) is 227 cm³/mol. The first kappa shape index (κ1) is 59.1. The normalized spacial score (nSPS) is 24.0. The lowest BCUT2D eigenvalue weighted by Crippen LogP contribution is -2.42. The van der Waals surface area contributed by atoms with E-state index in [1.165, 1.54) is 13.0 Å². The van der Waals surface area contributed by atoms with Gasteiger partial charge in [0.1, 0.15) is 23.9 Å². The molecule has 1 aliphatic rings. The smallest absolute Gasteiger partial charge is 0.328 e. The molecule has 1 aliphatic heterocycles. The van der Waals surface area contributed by atoms with E-state index in [1.807, 2.05) is 27.7 Å². The average Bonchev–Trinajstić information content (AvgIpc) is 3.22. The summed E-state index contributed by atoms with van der Waals surface area (Å²) in [6.45, 7) is 13.1. The molecule has 0 bridgehead atoms. The Bertz CT molecular complexity index is 1530. The van der Waals surface area contributed by atoms with Crippen LogP contribution in [0, 0.1) is 0 Å². The highest BCUT2D eigenvalue weighted by Crippen LogP contribution is 2.10. The summed E-state index contributed by atoms with van der Waals surface area (Å²) in [5.41, 5.74) is 13.2. The summed E-state index contributed by atoms with van der Waals surface area (Å²) >= 11 is 0. The quantitative estimate of drug-likeness (QED) is 0.134. The maximum Gasteiger partial charge on any atom is 0.328 e. The van der Waals surface area contributed by atoms with Crippen molar-refractivity contribution >= 4 is 47.3 Å². The number of rotatable bonds is 4. The molecule has 1 heterocycles. The Hall–Kier alpha value is -5.02. The Morgan fingerprint density at radius 3 is 1.26 bits per heavy atom. The highest BCUT2D eigenvalue weighted by Gasteiger charge is 2.24. The summed E-state index contributed by atoms with van der Waals surface area (Å²) in [4.78, 5) is 98.9. The number of ketones is 1. The number of cyclic esters (lactones) is 3. The molecule has 20 nitrogen and oxygen atoms in total. The minimum atomic E-state index is -1.19. The maximum atomic E-state index is 13.0. The Labute approximate surface area is 365 Å². The van der Waals surface area contributed by atoms with E-state index in [0.717, 1.165) is 12.2 Å². The topological polar surface area (TPSA) is 299 Å². The standard InChI is InChI=1S/C38H60N6O14.2C2H6/c1-25-13-19-56-36(50)30(40)9-6-17-43(54)34(48)24-27(3)15-21-58-38(52)31(41-32(46)12-11-28(4)45)10-7-18-44(55)35(49)23-26(2)14-20-57-37(51)29(39)8-5-16-42(53)33(47)22-25;2*1-2/h22-24,29-31,53-55H,5-21,39-40H2,1-4H3,(H,41,46);2*1-2H3/b25-22-,26-23-,27-24-;;. The van der Waals surface area contributed by atoms with Crippen molar-refractivity contribution in [1.29, 1.82) is 0 Å². The number of nitrogens with zero attached hydrogens (tertiary/aromatic N) is 3. The second kappa shape index (κ2) is 34.6. The van der Waals surface area contributed by atoms with Crippen LogP contribution >= 0.6 is 0 Å². The van der Waals surface area contributed by atoms with Crippen LogP contribution in [0.4, 0.5) is 0 Å². The van der Waals surface area contributed by atoms with Crippen LogP contribution in [0.25, 0.3) is 0 Å². The number of carbonyl (C=O) groups is 8. The Morgan fingerprint density at radius 2 is 0.919 bits per heavy atom. The highest BCUT2D eigenvalue weighted by molar-refractivity contribution is 5.89. The molecule has 0 saturated carbocycles. The Kier molecular flexibility index (Phi) is 32.9. The van der Waals surface area contributed by atoms with Crippen LogP contribution in [0.3, 0.4) is 0 Å². The van der Waals surface area contributed by atoms with E-state index < -0.39 is 59.7 Å². The number of hydrogen-bond acceptors (Lipinski definition) is 16. The van der Waals surface area contributed by atoms with E-state index in [0.29, 0.717) is 31.9 Å². The fourth-order valence-corrected chi connectivity index (χ4v) is 5.06. The number of hydrogen-bond donors (Lipinski definition) is 6. The van der Waals surface area contributed by atoms with Gasteiger partial charge in [0, 0.05) is 70.0 Å². The second-order valence-corrected chi connectivity index (χ2v) is 14.1. The van der Waals surface area contributed by atoms with Gasteiger partial charge in [0.25, 0.3) is 17.7 Å². The zero-order chi connectivity index (χ0) is 47.8. The molecule has 0 aromatic rings. The van der Waals surface area contributed by atoms with Crippen LogP contribution in [0.1, 0.15) is 126 Å². The van der Waals surface area contributed by atoms with Crippen LogP contribution in [-0.4, -0.2) is 136 Å². The van der Waals surface area contributed by atoms with Gasteiger partial charge in [-0.15, -0.1) is 0 Å². The van der Waals surface area contributed by atoms with Crippen molar-refractivity contribution in [3.8, 4) is 0 Å². The Balaban J connectivity index is 0. The van der Waals surface area contributed by atoms with Gasteiger partial charge in [0.2, 0.25) is 5.91 Å². The fraction of sp³-hybridized carbons (Fsp3) is 0.667. The number of amides is 4. The monoisotopic (exact) mass is 885 g/mol. The van der Waals surface area contributed by atoms with Gasteiger partial charge < -0.3 is 35.8 Å². The predicted octanol–water partition coefficient (Wildman–Crippen LogP) is 3.19. The minimum Gasteiger partial charge on any atom is -0.464 e. The third-order valence-corrected chi connectivity index (χ3v) is 8.66. The lowest BCUT2D eigenvalue weighted by molar-refractivity contribution is -0.160. The molecule has 3 atom stereocenters. The lowest BCUT2D eigenvalue weighted by atomic mass is 10.1. The van der Waals surface area contributed by atoms with Crippen LogP contribution < -0.4 is 16.8 Å². The lowest BCUT2D eigenvalue weighted by Gasteiger charge is -2.19. The van der Waals surface area contributed by atoms with Crippen molar-refractivity contribution in [1.82, 2.24) is 20.5 Å². The molecule has 0 aromatic heterocycles. The summed E-state index contributed by atoms with van der Waals surface area (Å²) < 4.78 is 15.7. The molecule has 62 heavy (non-hydrogen) atoms. The third kappa shape index (κ3) is 27.8. The van der Waals surface area contributed by atoms with Crippen molar-refractivity contribution in [2.24, 2.45) is 11.5 Å². The van der Waals surface area contributed by atoms with Crippen molar-refractivity contribution < 1.29 is 68.2 Å². The number of esters is 3. The molecular formula is C42H72N6O14. The van der Waals surface area contributed by atoms with Crippen molar-refractivity contribution in [2.75, 3.05) is 39.5 Å². The largest absolute Gasteiger partial charge is 0.464 e. The number of carbonyl (C=O) groups excluding carboxylic acids is 8. The molecule has 0 saturated heterocycles. The van der Waals surface area contributed by atoms with Gasteiger partial charge in [0.15, 0.2) is 0 Å². The first-order chi connectivity index (χ1) is 29.3. The summed E-state index contributed by atoms with van der Waals surface area (Å²) in [6.07, 6.45) is 4.07. The first-order valence-electron chi connectivity index (χ1n) is 21.1. The van der Waals surface area contributed by atoms with E-state index in [1.54, 1.807) is 20.8 Å².